The van der Waals surface area contributed by atoms with Gasteiger partial charge in [-0.3, -0.25) is 4.68 Å². The Morgan fingerprint density at radius 3 is 3.00 bits per heavy atom. The normalized spacial score (nSPS) is 17.5. The Kier molecular flexibility index (Phi) is 2.25. The largest absolute Gasteiger partial charge is 0.476 e. The molecule has 0 saturated carbocycles. The summed E-state index contributed by atoms with van der Waals surface area (Å²) in [7, 11) is 2.06. The molecule has 0 bridgehead atoms. The molecule has 0 aromatic carbocycles. The number of hydrogen-bond acceptors (Lipinski definition) is 3. The molecule has 76 valence electrons. The second kappa shape index (κ2) is 3.42. The smallest absolute Gasteiger partial charge is 0.356 e. The molecule has 2 heterocycles. The van der Waals surface area contributed by atoms with E-state index in [1.165, 1.54) is 0 Å². The first-order valence-electron chi connectivity index (χ1n) is 4.65. The minimum atomic E-state index is -0.945. The first-order valence-corrected chi connectivity index (χ1v) is 4.65. The number of likely N-dealkylation sites (N-methyl/N-ethyl adjacent to an activating group) is 1. The Morgan fingerprint density at radius 1 is 1.50 bits per heavy atom. The number of carboxylic acids is 1. The van der Waals surface area contributed by atoms with Crippen molar-refractivity contribution in [3.05, 3.63) is 17.5 Å². The lowest BCUT2D eigenvalue weighted by Crippen LogP contribution is -2.22. The number of rotatable bonds is 1. The summed E-state index contributed by atoms with van der Waals surface area (Å²) in [5, 5.41) is 12.8. The molecule has 0 amide bonds. The fourth-order valence-corrected chi connectivity index (χ4v) is 1.64. The zero-order chi connectivity index (χ0) is 10.1. The minimum absolute atomic E-state index is 0.157. The summed E-state index contributed by atoms with van der Waals surface area (Å²) in [4.78, 5) is 12.9. The van der Waals surface area contributed by atoms with Crippen molar-refractivity contribution in [3.63, 3.8) is 0 Å². The van der Waals surface area contributed by atoms with E-state index in [0.29, 0.717) is 0 Å². The van der Waals surface area contributed by atoms with Crippen molar-refractivity contribution in [2.45, 2.75) is 13.0 Å². The third kappa shape index (κ3) is 1.63. The van der Waals surface area contributed by atoms with E-state index in [1.807, 2.05) is 0 Å². The monoisotopic (exact) mass is 195 g/mol. The summed E-state index contributed by atoms with van der Waals surface area (Å²) in [5.74, 6) is -0.945. The number of carboxylic acid groups (broad SMARTS) is 1. The zero-order valence-electron chi connectivity index (χ0n) is 8.10. The van der Waals surface area contributed by atoms with Gasteiger partial charge in [0.1, 0.15) is 0 Å². The Morgan fingerprint density at radius 2 is 2.29 bits per heavy atom. The van der Waals surface area contributed by atoms with Gasteiger partial charge < -0.3 is 10.0 Å². The lowest BCUT2D eigenvalue weighted by Gasteiger charge is -2.10. The molecular formula is C9H13N3O2. The van der Waals surface area contributed by atoms with Crippen LogP contribution in [0.15, 0.2) is 6.07 Å². The van der Waals surface area contributed by atoms with E-state index < -0.39 is 5.97 Å². The van der Waals surface area contributed by atoms with Crippen molar-refractivity contribution >= 4 is 5.97 Å². The highest BCUT2D eigenvalue weighted by molar-refractivity contribution is 5.85. The molecule has 1 aromatic heterocycles. The third-order valence-corrected chi connectivity index (χ3v) is 2.53. The van der Waals surface area contributed by atoms with Gasteiger partial charge in [0.15, 0.2) is 5.69 Å². The fraction of sp³-hybridized carbons (Fsp3) is 0.556. The minimum Gasteiger partial charge on any atom is -0.476 e. The highest BCUT2D eigenvalue weighted by Gasteiger charge is 2.16. The molecule has 1 aliphatic rings. The number of aromatic nitrogens is 2. The van der Waals surface area contributed by atoms with Gasteiger partial charge >= 0.3 is 5.97 Å². The van der Waals surface area contributed by atoms with Crippen LogP contribution in [-0.2, 0) is 13.0 Å². The molecule has 14 heavy (non-hydrogen) atoms. The molecule has 5 nitrogen and oxygen atoms in total. The van der Waals surface area contributed by atoms with Gasteiger partial charge in [-0.05, 0) is 13.1 Å². The van der Waals surface area contributed by atoms with Crippen molar-refractivity contribution in [1.29, 1.82) is 0 Å². The Labute approximate surface area is 81.9 Å². The van der Waals surface area contributed by atoms with E-state index in [0.717, 1.165) is 31.7 Å². The van der Waals surface area contributed by atoms with Crippen LogP contribution < -0.4 is 0 Å². The highest BCUT2D eigenvalue weighted by atomic mass is 16.4. The molecule has 0 atom stereocenters. The topological polar surface area (TPSA) is 58.4 Å². The van der Waals surface area contributed by atoms with Crippen molar-refractivity contribution in [2.24, 2.45) is 0 Å². The highest BCUT2D eigenvalue weighted by Crippen LogP contribution is 2.09. The van der Waals surface area contributed by atoms with Gasteiger partial charge in [0.25, 0.3) is 0 Å². The van der Waals surface area contributed by atoms with Gasteiger partial charge in [-0.1, -0.05) is 0 Å². The predicted molar refractivity (Wildman–Crippen MR) is 50.4 cm³/mol. The Bertz CT molecular complexity index is 333. The average molecular weight is 195 g/mol. The maximum absolute atomic E-state index is 10.7. The van der Waals surface area contributed by atoms with Crippen LogP contribution >= 0.6 is 0 Å². The quantitative estimate of drug-likeness (QED) is 0.689. The van der Waals surface area contributed by atoms with Crippen LogP contribution in [0.1, 0.15) is 16.2 Å². The van der Waals surface area contributed by atoms with Gasteiger partial charge in [0.05, 0.1) is 6.54 Å². The van der Waals surface area contributed by atoms with Crippen LogP contribution in [-0.4, -0.2) is 45.9 Å². The first kappa shape index (κ1) is 9.21. The summed E-state index contributed by atoms with van der Waals surface area (Å²) in [5.41, 5.74) is 1.18. The molecular weight excluding hydrogens is 182 g/mol. The standard InChI is InChI=1S/C9H13N3O2/c1-11-3-2-7-6-8(9(13)14)10-12(7)5-4-11/h6H,2-5H2,1H3,(H,13,14). The summed E-state index contributed by atoms with van der Waals surface area (Å²) >= 11 is 0. The van der Waals surface area contributed by atoms with E-state index in [-0.39, 0.29) is 5.69 Å². The second-order valence-electron chi connectivity index (χ2n) is 3.60. The van der Waals surface area contributed by atoms with Gasteiger partial charge in [-0.15, -0.1) is 0 Å². The summed E-state index contributed by atoms with van der Waals surface area (Å²) in [6, 6.07) is 1.67. The molecule has 1 aliphatic heterocycles. The molecule has 0 unspecified atom stereocenters. The summed E-state index contributed by atoms with van der Waals surface area (Å²) in [6.45, 7) is 2.66. The van der Waals surface area contributed by atoms with E-state index in [9.17, 15) is 4.79 Å². The zero-order valence-corrected chi connectivity index (χ0v) is 8.10. The molecule has 5 heteroatoms. The lowest BCUT2D eigenvalue weighted by atomic mass is 10.3. The van der Waals surface area contributed by atoms with Gasteiger partial charge in [-0.2, -0.15) is 5.10 Å². The molecule has 0 aliphatic carbocycles. The summed E-state index contributed by atoms with van der Waals surface area (Å²) < 4.78 is 1.80. The summed E-state index contributed by atoms with van der Waals surface area (Å²) in [6.07, 6.45) is 0.872. The van der Waals surface area contributed by atoms with Crippen LogP contribution in [0, 0.1) is 0 Å². The number of aromatic carboxylic acids is 1. The second-order valence-corrected chi connectivity index (χ2v) is 3.60. The molecule has 1 aromatic rings. The number of carbonyl (C=O) groups is 1. The van der Waals surface area contributed by atoms with Crippen LogP contribution in [0.2, 0.25) is 0 Å². The van der Waals surface area contributed by atoms with E-state index in [2.05, 4.69) is 17.0 Å². The van der Waals surface area contributed by atoms with Gasteiger partial charge in [0.2, 0.25) is 0 Å². The molecule has 0 fully saturated rings. The molecule has 0 radical (unpaired) electrons. The molecule has 0 saturated heterocycles. The van der Waals surface area contributed by atoms with Gasteiger partial charge in [0, 0.05) is 25.2 Å². The SMILES string of the molecule is CN1CCc2cc(C(=O)O)nn2CC1. The average Bonchev–Trinajstić information content (AvgIpc) is 2.48. The van der Waals surface area contributed by atoms with E-state index >= 15 is 0 Å². The Hall–Kier alpha value is -1.36. The fourth-order valence-electron chi connectivity index (χ4n) is 1.64. The van der Waals surface area contributed by atoms with Crippen molar-refractivity contribution in [2.75, 3.05) is 20.1 Å². The van der Waals surface area contributed by atoms with Crippen LogP contribution in [0.4, 0.5) is 0 Å². The number of nitrogens with zero attached hydrogens (tertiary/aromatic N) is 3. The van der Waals surface area contributed by atoms with Crippen LogP contribution in [0.5, 0.6) is 0 Å². The molecule has 1 N–H and O–H groups in total. The molecule has 0 spiro atoms. The number of hydrogen-bond donors (Lipinski definition) is 1. The first-order chi connectivity index (χ1) is 6.66. The Balaban J connectivity index is 2.26. The lowest BCUT2D eigenvalue weighted by molar-refractivity contribution is 0.0689. The van der Waals surface area contributed by atoms with Crippen molar-refractivity contribution in [3.8, 4) is 0 Å². The van der Waals surface area contributed by atoms with Gasteiger partial charge in [-0.25, -0.2) is 4.79 Å². The maximum atomic E-state index is 10.7. The van der Waals surface area contributed by atoms with Crippen molar-refractivity contribution in [1.82, 2.24) is 14.7 Å². The van der Waals surface area contributed by atoms with Crippen LogP contribution in [0.3, 0.4) is 0 Å². The molecule has 2 rings (SSSR count). The van der Waals surface area contributed by atoms with Crippen LogP contribution in [0.25, 0.3) is 0 Å². The third-order valence-electron chi connectivity index (χ3n) is 2.53. The van der Waals surface area contributed by atoms with E-state index in [1.54, 1.807) is 10.7 Å². The number of fused-ring (bicyclic) bond motifs is 1. The van der Waals surface area contributed by atoms with E-state index in [4.69, 9.17) is 5.11 Å². The van der Waals surface area contributed by atoms with Crippen molar-refractivity contribution < 1.29 is 9.90 Å². The maximum Gasteiger partial charge on any atom is 0.356 e. The predicted octanol–water partition coefficient (Wildman–Crippen LogP) is 0.0692.